The third kappa shape index (κ3) is 2.47. The summed E-state index contributed by atoms with van der Waals surface area (Å²) < 4.78 is 36.7. The predicted octanol–water partition coefficient (Wildman–Crippen LogP) is 2.69. The fraction of sp³-hybridized carbons (Fsp3) is 0.231. The van der Waals surface area contributed by atoms with Crippen LogP contribution in [-0.4, -0.2) is 17.6 Å². The average molecular weight is 282 g/mol. The normalized spacial score (nSPS) is 10.6. The number of ether oxygens (including phenoxy) is 1. The van der Waals surface area contributed by atoms with Crippen molar-refractivity contribution < 1.29 is 22.7 Å². The van der Waals surface area contributed by atoms with E-state index in [1.54, 1.807) is 6.92 Å². The van der Waals surface area contributed by atoms with Crippen molar-refractivity contribution in [3.63, 3.8) is 0 Å². The topological polar surface area (TPSA) is 78.3 Å². The van der Waals surface area contributed by atoms with Gasteiger partial charge >= 0.3 is 5.97 Å². The van der Waals surface area contributed by atoms with Crippen LogP contribution >= 0.6 is 0 Å². The Morgan fingerprint density at radius 2 is 2.10 bits per heavy atom. The van der Waals surface area contributed by atoms with Gasteiger partial charge in [0.15, 0.2) is 0 Å². The largest absolute Gasteiger partial charge is 0.461 e. The Kier molecular flexibility index (Phi) is 3.69. The van der Waals surface area contributed by atoms with Gasteiger partial charge in [-0.3, -0.25) is 0 Å². The van der Waals surface area contributed by atoms with Crippen molar-refractivity contribution in [3.8, 4) is 11.5 Å². The van der Waals surface area contributed by atoms with Crippen LogP contribution in [0.15, 0.2) is 16.5 Å². The summed E-state index contributed by atoms with van der Waals surface area (Å²) in [7, 11) is 0. The minimum Gasteiger partial charge on any atom is -0.461 e. The number of esters is 1. The van der Waals surface area contributed by atoms with Gasteiger partial charge in [0.1, 0.15) is 11.6 Å². The number of nitrogens with zero attached hydrogens (tertiary/aromatic N) is 1. The Balaban J connectivity index is 2.47. The molecule has 0 atom stereocenters. The third-order valence-electron chi connectivity index (χ3n) is 2.60. The molecule has 0 saturated heterocycles. The maximum absolute atomic E-state index is 13.7. The second kappa shape index (κ2) is 5.28. The Bertz CT molecular complexity index is 668. The number of nitrogen functional groups attached to an aromatic ring is 1. The number of nitrogens with two attached hydrogens (primary N) is 1. The minimum absolute atomic E-state index is 0.0776. The summed E-state index contributed by atoms with van der Waals surface area (Å²) in [5.74, 6) is -2.79. The quantitative estimate of drug-likeness (QED) is 0.876. The molecule has 1 aromatic carbocycles. The summed E-state index contributed by atoms with van der Waals surface area (Å²) in [6, 6.07) is 1.94. The molecular weight excluding hydrogens is 270 g/mol. The monoisotopic (exact) mass is 282 g/mol. The summed E-state index contributed by atoms with van der Waals surface area (Å²) in [4.78, 5) is 15.3. The van der Waals surface area contributed by atoms with Gasteiger partial charge in [-0.25, -0.2) is 13.6 Å². The van der Waals surface area contributed by atoms with Gasteiger partial charge in [-0.15, -0.1) is 0 Å². The first-order valence-electron chi connectivity index (χ1n) is 5.83. The first-order valence-corrected chi connectivity index (χ1v) is 5.83. The highest BCUT2D eigenvalue weighted by Crippen LogP contribution is 2.28. The molecule has 0 spiro atoms. The predicted molar refractivity (Wildman–Crippen MR) is 67.0 cm³/mol. The lowest BCUT2D eigenvalue weighted by molar-refractivity contribution is 0.0521. The van der Waals surface area contributed by atoms with Crippen molar-refractivity contribution >= 4 is 11.9 Å². The van der Waals surface area contributed by atoms with Gasteiger partial charge in [-0.05, 0) is 25.5 Å². The van der Waals surface area contributed by atoms with E-state index in [-0.39, 0.29) is 35.2 Å². The Labute approximate surface area is 113 Å². The van der Waals surface area contributed by atoms with E-state index in [0.717, 1.165) is 6.07 Å². The van der Waals surface area contributed by atoms with Crippen LogP contribution in [0.25, 0.3) is 11.5 Å². The molecule has 0 fully saturated rings. The number of oxazole rings is 1. The third-order valence-corrected chi connectivity index (χ3v) is 2.60. The number of benzene rings is 1. The van der Waals surface area contributed by atoms with E-state index in [2.05, 4.69) is 4.98 Å². The summed E-state index contributed by atoms with van der Waals surface area (Å²) >= 11 is 0. The lowest BCUT2D eigenvalue weighted by Gasteiger charge is -2.01. The molecule has 1 aromatic heterocycles. The lowest BCUT2D eigenvalue weighted by Crippen LogP contribution is -2.07. The Morgan fingerprint density at radius 1 is 1.40 bits per heavy atom. The number of carbonyl (C=O) groups excluding carboxylic acids is 1. The van der Waals surface area contributed by atoms with E-state index in [1.165, 1.54) is 13.0 Å². The van der Waals surface area contributed by atoms with Crippen LogP contribution in [-0.2, 0) is 4.74 Å². The van der Waals surface area contributed by atoms with E-state index in [0.29, 0.717) is 0 Å². The number of carbonyl (C=O) groups is 1. The number of rotatable bonds is 3. The van der Waals surface area contributed by atoms with Crippen molar-refractivity contribution in [2.45, 2.75) is 13.8 Å². The molecule has 0 unspecified atom stereocenters. The molecule has 0 aliphatic rings. The van der Waals surface area contributed by atoms with Crippen LogP contribution in [0.2, 0.25) is 0 Å². The van der Waals surface area contributed by atoms with Crippen molar-refractivity contribution in [1.82, 2.24) is 4.98 Å². The van der Waals surface area contributed by atoms with E-state index < -0.39 is 17.6 Å². The van der Waals surface area contributed by atoms with Crippen LogP contribution in [0.1, 0.15) is 23.0 Å². The SMILES string of the molecule is CCOC(=O)c1nc(-c2cc(C)c(F)cc2F)oc1N. The molecule has 2 rings (SSSR count). The van der Waals surface area contributed by atoms with Crippen LogP contribution in [0.4, 0.5) is 14.7 Å². The summed E-state index contributed by atoms with van der Waals surface area (Å²) in [5, 5.41) is 0. The lowest BCUT2D eigenvalue weighted by atomic mass is 10.1. The smallest absolute Gasteiger partial charge is 0.362 e. The maximum Gasteiger partial charge on any atom is 0.362 e. The van der Waals surface area contributed by atoms with E-state index in [1.807, 2.05) is 0 Å². The maximum atomic E-state index is 13.7. The zero-order valence-corrected chi connectivity index (χ0v) is 10.9. The van der Waals surface area contributed by atoms with Gasteiger partial charge in [0.05, 0.1) is 12.2 Å². The van der Waals surface area contributed by atoms with Crippen LogP contribution in [0.5, 0.6) is 0 Å². The van der Waals surface area contributed by atoms with Gasteiger partial charge < -0.3 is 14.9 Å². The molecule has 2 N–H and O–H groups in total. The molecule has 2 aromatic rings. The fourth-order valence-electron chi connectivity index (χ4n) is 1.61. The van der Waals surface area contributed by atoms with Crippen LogP contribution in [0.3, 0.4) is 0 Å². The first-order chi connectivity index (χ1) is 9.43. The van der Waals surface area contributed by atoms with Crippen LogP contribution < -0.4 is 5.73 Å². The molecule has 20 heavy (non-hydrogen) atoms. The zero-order chi connectivity index (χ0) is 14.9. The van der Waals surface area contributed by atoms with Crippen molar-refractivity contribution in [3.05, 3.63) is 35.0 Å². The number of hydrogen-bond donors (Lipinski definition) is 1. The molecule has 106 valence electrons. The second-order valence-corrected chi connectivity index (χ2v) is 4.03. The van der Waals surface area contributed by atoms with Gasteiger partial charge in [-0.1, -0.05) is 0 Å². The van der Waals surface area contributed by atoms with Gasteiger partial charge in [0.25, 0.3) is 0 Å². The molecule has 5 nitrogen and oxygen atoms in total. The molecule has 0 aliphatic carbocycles. The van der Waals surface area contributed by atoms with E-state index in [4.69, 9.17) is 14.9 Å². The highest BCUT2D eigenvalue weighted by molar-refractivity contribution is 5.92. The Morgan fingerprint density at radius 3 is 2.75 bits per heavy atom. The second-order valence-electron chi connectivity index (χ2n) is 4.03. The standard InChI is InChI=1S/C13H12F2N2O3/c1-3-19-13(18)10-11(16)20-12(17-10)7-4-6(2)8(14)5-9(7)15/h4-5H,3,16H2,1-2H3. The zero-order valence-electron chi connectivity index (χ0n) is 10.9. The average Bonchev–Trinajstić information content (AvgIpc) is 2.76. The van der Waals surface area contributed by atoms with Gasteiger partial charge in [0.2, 0.25) is 17.5 Å². The van der Waals surface area contributed by atoms with Crippen molar-refractivity contribution in [2.24, 2.45) is 0 Å². The van der Waals surface area contributed by atoms with E-state index >= 15 is 0 Å². The number of aryl methyl sites for hydroxylation is 1. The number of anilines is 1. The molecular formula is C13H12F2N2O3. The van der Waals surface area contributed by atoms with E-state index in [9.17, 15) is 13.6 Å². The molecule has 7 heteroatoms. The summed E-state index contributed by atoms with van der Waals surface area (Å²) in [6.45, 7) is 3.24. The number of halogens is 2. The summed E-state index contributed by atoms with van der Waals surface area (Å²) in [5.41, 5.74) is 5.41. The molecule has 0 aliphatic heterocycles. The number of hydrogen-bond acceptors (Lipinski definition) is 5. The molecule has 0 saturated carbocycles. The molecule has 0 bridgehead atoms. The van der Waals surface area contributed by atoms with Gasteiger partial charge in [-0.2, -0.15) is 4.98 Å². The highest BCUT2D eigenvalue weighted by Gasteiger charge is 2.22. The molecule has 0 amide bonds. The minimum atomic E-state index is -0.857. The van der Waals surface area contributed by atoms with Crippen molar-refractivity contribution in [2.75, 3.05) is 12.3 Å². The highest BCUT2D eigenvalue weighted by atomic mass is 19.1. The van der Waals surface area contributed by atoms with Crippen molar-refractivity contribution in [1.29, 1.82) is 0 Å². The molecule has 1 heterocycles. The van der Waals surface area contributed by atoms with Gasteiger partial charge in [0, 0.05) is 6.07 Å². The first kappa shape index (κ1) is 14.0. The number of aromatic nitrogens is 1. The summed E-state index contributed by atoms with van der Waals surface area (Å²) in [6.07, 6.45) is 0. The van der Waals surface area contributed by atoms with Crippen LogP contribution in [0, 0.1) is 18.6 Å². The fourth-order valence-corrected chi connectivity index (χ4v) is 1.61. The molecule has 0 radical (unpaired) electrons. The Hall–Kier alpha value is -2.44.